The fourth-order valence-corrected chi connectivity index (χ4v) is 2.09. The maximum Gasteiger partial charge on any atom is 0.383 e. The summed E-state index contributed by atoms with van der Waals surface area (Å²) < 4.78 is 50.3. The van der Waals surface area contributed by atoms with E-state index in [2.05, 4.69) is 15.9 Å². The molecule has 1 amide bonds. The molecule has 0 aromatic heterocycles. The quantitative estimate of drug-likeness (QED) is 0.838. The topological polar surface area (TPSA) is 29.1 Å². The highest BCUT2D eigenvalue weighted by Gasteiger charge is 2.49. The first-order chi connectivity index (χ1) is 8.16. The van der Waals surface area contributed by atoms with Gasteiger partial charge in [-0.25, -0.2) is 8.78 Å². The van der Waals surface area contributed by atoms with Crippen LogP contribution in [0, 0.1) is 13.8 Å². The summed E-state index contributed by atoms with van der Waals surface area (Å²) in [7, 11) is 0. The smallest absolute Gasteiger partial charge is 0.320 e. The predicted octanol–water partition coefficient (Wildman–Crippen LogP) is 3.90. The number of hydrogen-bond acceptors (Lipinski definition) is 1. The average Bonchev–Trinajstić information content (AvgIpc) is 2.22. The summed E-state index contributed by atoms with van der Waals surface area (Å²) >= 11 is 3.20. The Morgan fingerprint density at radius 3 is 2.11 bits per heavy atom. The van der Waals surface area contributed by atoms with E-state index in [0.29, 0.717) is 15.6 Å². The molecule has 100 valence electrons. The number of aryl methyl sites for hydroxylation is 2. The number of rotatable bonds is 3. The number of carbonyl (C=O) groups is 1. The van der Waals surface area contributed by atoms with E-state index >= 15 is 0 Å². The Kier molecular flexibility index (Phi) is 4.37. The first kappa shape index (κ1) is 14.9. The van der Waals surface area contributed by atoms with Crippen LogP contribution in [0.2, 0.25) is 0 Å². The lowest BCUT2D eigenvalue weighted by Gasteiger charge is -2.17. The second kappa shape index (κ2) is 5.26. The highest BCUT2D eigenvalue weighted by Crippen LogP contribution is 2.29. The second-order valence-corrected chi connectivity index (χ2v) is 4.71. The fraction of sp³-hybridized carbons (Fsp3) is 0.364. The lowest BCUT2D eigenvalue weighted by Crippen LogP contribution is -2.41. The van der Waals surface area contributed by atoms with E-state index in [1.54, 1.807) is 26.0 Å². The zero-order valence-corrected chi connectivity index (χ0v) is 11.1. The number of benzene rings is 1. The van der Waals surface area contributed by atoms with Gasteiger partial charge < -0.3 is 5.32 Å². The van der Waals surface area contributed by atoms with E-state index in [1.165, 1.54) is 0 Å². The minimum atomic E-state index is -4.70. The molecule has 0 heterocycles. The molecule has 0 unspecified atom stereocenters. The van der Waals surface area contributed by atoms with Crippen LogP contribution in [0.4, 0.5) is 23.2 Å². The van der Waals surface area contributed by atoms with E-state index in [4.69, 9.17) is 0 Å². The Balaban J connectivity index is 3.03. The normalized spacial score (nSPS) is 11.8. The standard InChI is InChI=1S/C11H10BrF4NO/c1-5-3-7(12)4-6(2)8(5)17-10(18)11(15,16)9(13)14/h3-4,9H,1-2H3,(H,17,18). The van der Waals surface area contributed by atoms with Gasteiger partial charge in [0.15, 0.2) is 0 Å². The van der Waals surface area contributed by atoms with E-state index in [-0.39, 0.29) is 5.69 Å². The van der Waals surface area contributed by atoms with Crippen molar-refractivity contribution in [2.24, 2.45) is 0 Å². The first-order valence-electron chi connectivity index (χ1n) is 4.90. The summed E-state index contributed by atoms with van der Waals surface area (Å²) in [6.45, 7) is 3.15. The van der Waals surface area contributed by atoms with E-state index < -0.39 is 18.3 Å². The second-order valence-electron chi connectivity index (χ2n) is 3.79. The van der Waals surface area contributed by atoms with Gasteiger partial charge in [-0.05, 0) is 37.1 Å². The van der Waals surface area contributed by atoms with Crippen molar-refractivity contribution in [1.29, 1.82) is 0 Å². The van der Waals surface area contributed by atoms with Crippen molar-refractivity contribution < 1.29 is 22.4 Å². The van der Waals surface area contributed by atoms with Crippen LogP contribution < -0.4 is 5.32 Å². The van der Waals surface area contributed by atoms with Gasteiger partial charge >= 0.3 is 18.3 Å². The molecule has 0 atom stereocenters. The highest BCUT2D eigenvalue weighted by molar-refractivity contribution is 9.10. The van der Waals surface area contributed by atoms with Gasteiger partial charge in [-0.3, -0.25) is 4.79 Å². The lowest BCUT2D eigenvalue weighted by atomic mass is 10.1. The molecule has 0 spiro atoms. The van der Waals surface area contributed by atoms with Crippen LogP contribution in [0.1, 0.15) is 11.1 Å². The van der Waals surface area contributed by atoms with Gasteiger partial charge in [0.25, 0.3) is 0 Å². The van der Waals surface area contributed by atoms with Crippen LogP contribution in [0.5, 0.6) is 0 Å². The minimum Gasteiger partial charge on any atom is -0.320 e. The molecule has 0 aliphatic heterocycles. The van der Waals surface area contributed by atoms with Crippen LogP contribution in [-0.2, 0) is 4.79 Å². The molecule has 0 radical (unpaired) electrons. The van der Waals surface area contributed by atoms with Gasteiger partial charge in [0, 0.05) is 10.2 Å². The van der Waals surface area contributed by atoms with Crippen molar-refractivity contribution in [3.05, 3.63) is 27.7 Å². The number of nitrogens with one attached hydrogen (secondary N) is 1. The Bertz CT molecular complexity index is 453. The summed E-state index contributed by atoms with van der Waals surface area (Å²) in [5.41, 5.74) is 1.11. The average molecular weight is 328 g/mol. The fourth-order valence-electron chi connectivity index (χ4n) is 1.40. The SMILES string of the molecule is Cc1cc(Br)cc(C)c1NC(=O)C(F)(F)C(F)F. The van der Waals surface area contributed by atoms with Crippen molar-refractivity contribution in [2.45, 2.75) is 26.2 Å². The number of halogens is 5. The highest BCUT2D eigenvalue weighted by atomic mass is 79.9. The maximum absolute atomic E-state index is 12.8. The largest absolute Gasteiger partial charge is 0.383 e. The van der Waals surface area contributed by atoms with Crippen molar-refractivity contribution in [2.75, 3.05) is 5.32 Å². The Morgan fingerprint density at radius 1 is 1.28 bits per heavy atom. The summed E-state index contributed by atoms with van der Waals surface area (Å²) in [5, 5.41) is 1.84. The number of hydrogen-bond donors (Lipinski definition) is 1. The van der Waals surface area contributed by atoms with Crippen molar-refractivity contribution in [3.63, 3.8) is 0 Å². The number of amides is 1. The molecule has 0 fully saturated rings. The van der Waals surface area contributed by atoms with Gasteiger partial charge in [-0.2, -0.15) is 8.78 Å². The molecule has 7 heteroatoms. The van der Waals surface area contributed by atoms with E-state index in [0.717, 1.165) is 0 Å². The van der Waals surface area contributed by atoms with Crippen LogP contribution in [0.15, 0.2) is 16.6 Å². The molecule has 2 nitrogen and oxygen atoms in total. The molecular formula is C11H10BrF4NO. The van der Waals surface area contributed by atoms with Crippen molar-refractivity contribution >= 4 is 27.5 Å². The minimum absolute atomic E-state index is 0.114. The maximum atomic E-state index is 12.8. The zero-order valence-electron chi connectivity index (χ0n) is 9.53. The van der Waals surface area contributed by atoms with Crippen LogP contribution in [-0.4, -0.2) is 18.3 Å². The lowest BCUT2D eigenvalue weighted by molar-refractivity contribution is -0.163. The monoisotopic (exact) mass is 327 g/mol. The van der Waals surface area contributed by atoms with Crippen LogP contribution in [0.25, 0.3) is 0 Å². The summed E-state index contributed by atoms with van der Waals surface area (Å²) in [4.78, 5) is 11.1. The van der Waals surface area contributed by atoms with Gasteiger partial charge in [0.05, 0.1) is 0 Å². The molecule has 1 N–H and O–H groups in total. The van der Waals surface area contributed by atoms with Crippen LogP contribution >= 0.6 is 15.9 Å². The first-order valence-corrected chi connectivity index (χ1v) is 5.69. The third-order valence-electron chi connectivity index (χ3n) is 2.31. The third kappa shape index (κ3) is 3.01. The van der Waals surface area contributed by atoms with Gasteiger partial charge in [-0.15, -0.1) is 0 Å². The van der Waals surface area contributed by atoms with Crippen molar-refractivity contribution in [1.82, 2.24) is 0 Å². The Morgan fingerprint density at radius 2 is 1.72 bits per heavy atom. The number of carbonyl (C=O) groups excluding carboxylic acids is 1. The number of alkyl halides is 4. The zero-order chi connectivity index (χ0) is 14.1. The van der Waals surface area contributed by atoms with Gasteiger partial charge in [-0.1, -0.05) is 15.9 Å². The number of anilines is 1. The van der Waals surface area contributed by atoms with Crippen LogP contribution in [0.3, 0.4) is 0 Å². The molecule has 0 saturated carbocycles. The Labute approximate surface area is 109 Å². The van der Waals surface area contributed by atoms with Crippen molar-refractivity contribution in [3.8, 4) is 0 Å². The summed E-state index contributed by atoms with van der Waals surface area (Å²) in [6.07, 6.45) is -4.03. The molecule has 0 saturated heterocycles. The van der Waals surface area contributed by atoms with Gasteiger partial charge in [0.2, 0.25) is 0 Å². The third-order valence-corrected chi connectivity index (χ3v) is 2.77. The molecule has 1 aromatic carbocycles. The van der Waals surface area contributed by atoms with E-state index in [1.807, 2.05) is 5.32 Å². The molecule has 1 rings (SSSR count). The molecule has 0 aliphatic rings. The van der Waals surface area contributed by atoms with Gasteiger partial charge in [0.1, 0.15) is 0 Å². The predicted molar refractivity (Wildman–Crippen MR) is 63.2 cm³/mol. The molecule has 1 aromatic rings. The molecule has 0 bridgehead atoms. The molecule has 18 heavy (non-hydrogen) atoms. The molecular weight excluding hydrogens is 318 g/mol. The summed E-state index contributed by atoms with van der Waals surface area (Å²) in [6, 6.07) is 3.17. The summed E-state index contributed by atoms with van der Waals surface area (Å²) in [5.74, 6) is -6.71. The molecule has 0 aliphatic carbocycles. The van der Waals surface area contributed by atoms with E-state index in [9.17, 15) is 22.4 Å². The Hall–Kier alpha value is -1.11.